The van der Waals surface area contributed by atoms with Crippen molar-refractivity contribution in [1.29, 1.82) is 0 Å². The number of rotatable bonds is 8. The number of ketones is 2. The lowest BCUT2D eigenvalue weighted by atomic mass is 9.92. The van der Waals surface area contributed by atoms with Crippen LogP contribution >= 0.6 is 0 Å². The van der Waals surface area contributed by atoms with E-state index < -0.39 is 12.2 Å². The minimum absolute atomic E-state index is 0.135. The van der Waals surface area contributed by atoms with Crippen molar-refractivity contribution in [1.82, 2.24) is 9.80 Å². The molecular weight excluding hydrogens is 981 g/mol. The fourth-order valence-electron chi connectivity index (χ4n) is 11.8. The molecule has 13 rings (SSSR count). The van der Waals surface area contributed by atoms with Crippen LogP contribution in [-0.4, -0.2) is 111 Å². The minimum atomic E-state index is -0.663. The number of morpholine rings is 1. The van der Waals surface area contributed by atoms with Crippen molar-refractivity contribution in [3.8, 4) is 36.2 Å². The van der Waals surface area contributed by atoms with E-state index in [-0.39, 0.29) is 53.8 Å². The average molecular weight is 1030 g/mol. The van der Waals surface area contributed by atoms with E-state index in [1.165, 1.54) is 0 Å². The number of fused-ring (bicyclic) bond motifs is 8. The number of hydrogen-bond donors (Lipinski definition) is 0. The van der Waals surface area contributed by atoms with Crippen LogP contribution in [0.15, 0.2) is 133 Å². The Morgan fingerprint density at radius 2 is 1.03 bits per heavy atom. The van der Waals surface area contributed by atoms with Crippen LogP contribution in [0.5, 0.6) is 11.5 Å². The number of allylic oxidation sites excluding steroid dienone is 6. The summed E-state index contributed by atoms with van der Waals surface area (Å²) in [6.07, 6.45) is 10.1. The topological polar surface area (TPSA) is 130 Å². The molecule has 0 bridgehead atoms. The van der Waals surface area contributed by atoms with Crippen LogP contribution < -0.4 is 9.47 Å². The standard InChI is InChI=1S/C34H29NO5.C32H23NO5/c1-6-22-18-39-20(4)23-12-9-15-26(33(23)40-22)30-28-24-13-7-10-21-11-8-14-25(27(21)24)29(28)31(32(30)36)34(37)35(19(2)3)16-17-38-5;1-3-20-17-37-18(2)21-9-6-12-24(31(21)38-20)28-26-22-10-4-7-19-8-5-11-23(25(19)22)27(26)29(30(28)34)32(35)33-13-15-36-16-14-33/h1,7-15,19,22H,4,16-18H2,2-3,5H3;1,4-12,20H,2,13-17H2. The molecule has 0 saturated carbocycles. The molecule has 4 aliphatic carbocycles. The fourth-order valence-corrected chi connectivity index (χ4v) is 11.8. The van der Waals surface area contributed by atoms with Crippen molar-refractivity contribution < 1.29 is 47.6 Å². The van der Waals surface area contributed by atoms with E-state index in [0.717, 1.165) is 54.9 Å². The number of hydrogen-bond acceptors (Lipinski definition) is 10. The summed E-state index contributed by atoms with van der Waals surface area (Å²) in [5.74, 6) is 5.68. The molecule has 2 amide bonds. The first-order chi connectivity index (χ1) is 37.9. The number of terminal acetylenes is 2. The van der Waals surface area contributed by atoms with Crippen molar-refractivity contribution in [3.05, 3.63) is 178 Å². The molecule has 6 aromatic carbocycles. The first-order valence-corrected chi connectivity index (χ1v) is 25.9. The number of carbonyl (C=O) groups excluding carboxylic acids is 4. The van der Waals surface area contributed by atoms with E-state index in [0.29, 0.717) is 107 Å². The Hall–Kier alpha value is -9.20. The number of benzene rings is 6. The van der Waals surface area contributed by atoms with Gasteiger partial charge in [0, 0.05) is 77.4 Å². The Kier molecular flexibility index (Phi) is 12.6. The summed E-state index contributed by atoms with van der Waals surface area (Å²) in [5, 5.41) is 4.15. The second-order valence-electron chi connectivity index (χ2n) is 19.9. The van der Waals surface area contributed by atoms with Crippen LogP contribution in [0.2, 0.25) is 0 Å². The predicted octanol–water partition coefficient (Wildman–Crippen LogP) is 9.71. The van der Waals surface area contributed by atoms with Crippen LogP contribution in [0.3, 0.4) is 0 Å². The van der Waals surface area contributed by atoms with E-state index in [2.05, 4.69) is 25.0 Å². The Labute approximate surface area is 451 Å². The molecule has 0 N–H and O–H groups in total. The highest BCUT2D eigenvalue weighted by molar-refractivity contribution is 6.57. The Balaban J connectivity index is 0.000000156. The summed E-state index contributed by atoms with van der Waals surface area (Å²) >= 11 is 0. The van der Waals surface area contributed by atoms with Crippen LogP contribution in [0.25, 0.3) is 66.5 Å². The molecule has 2 unspecified atom stereocenters. The van der Waals surface area contributed by atoms with Gasteiger partial charge in [0.1, 0.15) is 36.2 Å². The van der Waals surface area contributed by atoms with Gasteiger partial charge >= 0.3 is 0 Å². The smallest absolute Gasteiger partial charge is 0.258 e. The third kappa shape index (κ3) is 7.78. The first kappa shape index (κ1) is 49.7. The lowest BCUT2D eigenvalue weighted by molar-refractivity contribution is -0.133. The molecule has 7 aliphatic rings. The molecule has 0 spiro atoms. The van der Waals surface area contributed by atoms with Crippen molar-refractivity contribution in [2.75, 3.05) is 59.8 Å². The Morgan fingerprint density at radius 3 is 1.47 bits per heavy atom. The highest BCUT2D eigenvalue weighted by atomic mass is 16.6. The summed E-state index contributed by atoms with van der Waals surface area (Å²) in [6, 6.07) is 35.0. The normalized spacial score (nSPS) is 18.7. The monoisotopic (exact) mass is 1030 g/mol. The molecule has 12 nitrogen and oxygen atoms in total. The number of nitrogens with zero attached hydrogens (tertiary/aromatic N) is 2. The van der Waals surface area contributed by atoms with Crippen molar-refractivity contribution in [2.45, 2.75) is 32.1 Å². The van der Waals surface area contributed by atoms with E-state index >= 15 is 0 Å². The van der Waals surface area contributed by atoms with Crippen LogP contribution in [-0.2, 0) is 38.1 Å². The van der Waals surface area contributed by atoms with E-state index in [1.807, 2.05) is 123 Å². The molecule has 6 aromatic rings. The molecule has 1 saturated heterocycles. The van der Waals surface area contributed by atoms with Gasteiger partial charge in [-0.3, -0.25) is 19.2 Å². The zero-order valence-electron chi connectivity index (χ0n) is 43.3. The molecule has 3 aliphatic heterocycles. The summed E-state index contributed by atoms with van der Waals surface area (Å²) in [6.45, 7) is 14.8. The number of ether oxygens (including phenoxy) is 6. The second kappa shape index (κ2) is 19.7. The van der Waals surface area contributed by atoms with Gasteiger partial charge in [-0.1, -0.05) is 122 Å². The number of para-hydroxylation sites is 2. The molecule has 78 heavy (non-hydrogen) atoms. The third-order valence-electron chi connectivity index (χ3n) is 15.3. The fraction of sp³-hybridized carbons (Fsp3) is 0.212. The Morgan fingerprint density at radius 1 is 0.615 bits per heavy atom. The maximum absolute atomic E-state index is 14.6. The van der Waals surface area contributed by atoms with Crippen molar-refractivity contribution in [3.63, 3.8) is 0 Å². The lowest BCUT2D eigenvalue weighted by Crippen LogP contribution is -2.42. The molecular formula is C66H52N2O10. The van der Waals surface area contributed by atoms with Crippen molar-refractivity contribution in [2.24, 2.45) is 0 Å². The number of Topliss-reactive ketones (excluding diaryl/α,β-unsaturated/α-hetero) is 2. The lowest BCUT2D eigenvalue weighted by Gasteiger charge is -2.27. The molecule has 3 heterocycles. The zero-order valence-corrected chi connectivity index (χ0v) is 43.3. The molecule has 1 fully saturated rings. The summed E-state index contributed by atoms with van der Waals surface area (Å²) < 4.78 is 34.8. The molecule has 2 atom stereocenters. The summed E-state index contributed by atoms with van der Waals surface area (Å²) in [7, 11) is 1.60. The van der Waals surface area contributed by atoms with Crippen LogP contribution in [0.1, 0.15) is 58.4 Å². The maximum atomic E-state index is 14.6. The number of amides is 2. The summed E-state index contributed by atoms with van der Waals surface area (Å²) in [5.41, 5.74) is 10.0. The number of carbonyl (C=O) groups is 4. The maximum Gasteiger partial charge on any atom is 0.258 e. The highest BCUT2D eigenvalue weighted by Gasteiger charge is 2.47. The highest BCUT2D eigenvalue weighted by Crippen LogP contribution is 2.58. The average Bonchev–Trinajstić information content (AvgIpc) is 4.26. The van der Waals surface area contributed by atoms with E-state index in [1.54, 1.807) is 16.9 Å². The first-order valence-electron chi connectivity index (χ1n) is 25.9. The molecule has 12 heteroatoms. The van der Waals surface area contributed by atoms with Gasteiger partial charge in [-0.2, -0.15) is 0 Å². The molecule has 0 radical (unpaired) electrons. The van der Waals surface area contributed by atoms with Gasteiger partial charge in [-0.25, -0.2) is 0 Å². The van der Waals surface area contributed by atoms with Crippen LogP contribution in [0, 0.1) is 24.7 Å². The molecule has 386 valence electrons. The minimum Gasteiger partial charge on any atom is -0.488 e. The van der Waals surface area contributed by atoms with Gasteiger partial charge < -0.3 is 38.2 Å². The SMILES string of the molecule is C#CC1COC(=C)c2cccc(C3=C4C(=C(C(=O)N(CCOC)C(C)C)C3=O)c3cccc5cccc4c35)c2O1.C#CC1COC(=C)c2cccc(C3=C4C(=C(C(=O)N5CCOCC5)C3=O)c3cccc5cccc4c35)c2O1. The van der Waals surface area contributed by atoms with Gasteiger partial charge in [0.15, 0.2) is 12.2 Å². The van der Waals surface area contributed by atoms with Gasteiger partial charge in [0.2, 0.25) is 11.6 Å². The quantitative estimate of drug-likeness (QED) is 0.107. The van der Waals surface area contributed by atoms with E-state index in [4.69, 9.17) is 41.3 Å². The van der Waals surface area contributed by atoms with Gasteiger partial charge in [0.05, 0.1) is 42.1 Å². The van der Waals surface area contributed by atoms with Crippen LogP contribution in [0.4, 0.5) is 0 Å². The second-order valence-corrected chi connectivity index (χ2v) is 19.9. The zero-order chi connectivity index (χ0) is 54.1. The third-order valence-corrected chi connectivity index (χ3v) is 15.3. The van der Waals surface area contributed by atoms with Crippen molar-refractivity contribution >= 4 is 89.9 Å². The summed E-state index contributed by atoms with van der Waals surface area (Å²) in [4.78, 5) is 60.6. The predicted molar refractivity (Wildman–Crippen MR) is 301 cm³/mol. The molecule has 0 aromatic heterocycles. The van der Waals surface area contributed by atoms with Gasteiger partial charge in [0.25, 0.3) is 11.8 Å². The Bertz CT molecular complexity index is 3910. The van der Waals surface area contributed by atoms with E-state index in [9.17, 15) is 19.2 Å². The number of methoxy groups -OCH3 is 1. The van der Waals surface area contributed by atoms with Gasteiger partial charge in [-0.05, 0) is 69.8 Å². The van der Waals surface area contributed by atoms with Gasteiger partial charge in [-0.15, -0.1) is 12.8 Å². The largest absolute Gasteiger partial charge is 0.488 e.